The monoisotopic (exact) mass is 456 g/mol. The number of halogens is 3. The Kier molecular flexibility index (Phi) is 6.37. The maximum Gasteiger partial charge on any atom is 0.573 e. The van der Waals surface area contributed by atoms with Gasteiger partial charge in [-0.2, -0.15) is 0 Å². The van der Waals surface area contributed by atoms with Gasteiger partial charge < -0.3 is 15.2 Å². The minimum Gasteiger partial charge on any atom is -0.480 e. The van der Waals surface area contributed by atoms with E-state index in [1.807, 2.05) is 6.92 Å². The van der Waals surface area contributed by atoms with E-state index in [0.717, 1.165) is 17.0 Å². The molecule has 1 amide bonds. The molecular weight excluding hydrogens is 437 g/mol. The van der Waals surface area contributed by atoms with Crippen LogP contribution in [0.5, 0.6) is 5.75 Å². The molecule has 0 saturated heterocycles. The fourth-order valence-electron chi connectivity index (χ4n) is 2.85. The number of carbonyl (C=O) groups excluding carboxylic acids is 2. The highest BCUT2D eigenvalue weighted by Crippen LogP contribution is 2.35. The van der Waals surface area contributed by atoms with Crippen LogP contribution in [-0.2, 0) is 16.0 Å². The highest BCUT2D eigenvalue weighted by molar-refractivity contribution is 7.16. The average Bonchev–Trinajstić information content (AvgIpc) is 3.39. The predicted octanol–water partition coefficient (Wildman–Crippen LogP) is 3.59. The molecule has 0 atom stereocenters. The number of amides is 1. The molecule has 0 radical (unpaired) electrons. The topological polar surface area (TPSA) is 105 Å². The first-order valence-electron chi connectivity index (χ1n) is 9.34. The second kappa shape index (κ2) is 8.67. The Hall–Kier alpha value is -2.92. The number of carboxylic acid groups (broad SMARTS) is 1. The van der Waals surface area contributed by atoms with E-state index in [-0.39, 0.29) is 17.7 Å². The summed E-state index contributed by atoms with van der Waals surface area (Å²) in [5.41, 5.74) is -0.731. The van der Waals surface area contributed by atoms with Crippen molar-refractivity contribution < 1.29 is 37.4 Å². The Morgan fingerprint density at radius 3 is 2.35 bits per heavy atom. The van der Waals surface area contributed by atoms with E-state index < -0.39 is 35.3 Å². The second-order valence-corrected chi connectivity index (χ2v) is 8.14. The SMILES string of the molecule is CCc1cc(C(=O)c2ccc(OC(F)(F)F)cc2)c(NC(=O)CNC2(C(=O)O)CC2)s1. The van der Waals surface area contributed by atoms with Crippen LogP contribution in [0.2, 0.25) is 0 Å². The number of ketones is 1. The molecule has 166 valence electrons. The molecule has 1 aromatic carbocycles. The minimum absolute atomic E-state index is 0.131. The van der Waals surface area contributed by atoms with Gasteiger partial charge >= 0.3 is 12.3 Å². The molecular formula is C20H19F3N2O5S. The minimum atomic E-state index is -4.83. The standard InChI is InChI=1S/C20H19F3N2O5S/c1-2-13-9-14(16(27)11-3-5-12(6-4-11)30-20(21,22)23)17(31-13)25-15(26)10-24-19(7-8-19)18(28)29/h3-6,9,24H,2,7-8,10H2,1H3,(H,25,26)(H,28,29). The van der Waals surface area contributed by atoms with Crippen molar-refractivity contribution in [1.29, 1.82) is 0 Å². The Bertz CT molecular complexity index is 997. The summed E-state index contributed by atoms with van der Waals surface area (Å²) in [6.07, 6.45) is -3.35. The lowest BCUT2D eigenvalue weighted by Gasteiger charge is -2.12. The molecule has 31 heavy (non-hydrogen) atoms. The zero-order valence-corrected chi connectivity index (χ0v) is 17.2. The third-order valence-electron chi connectivity index (χ3n) is 4.73. The summed E-state index contributed by atoms with van der Waals surface area (Å²) in [5, 5.41) is 14.8. The number of alkyl halides is 3. The van der Waals surface area contributed by atoms with E-state index in [0.29, 0.717) is 24.3 Å². The number of thiophene rings is 1. The van der Waals surface area contributed by atoms with Crippen LogP contribution in [0.1, 0.15) is 40.6 Å². The van der Waals surface area contributed by atoms with Gasteiger partial charge in [-0.25, -0.2) is 0 Å². The number of aryl methyl sites for hydroxylation is 1. The number of carbonyl (C=O) groups is 3. The lowest BCUT2D eigenvalue weighted by molar-refractivity contribution is -0.274. The van der Waals surface area contributed by atoms with Gasteiger partial charge in [0.25, 0.3) is 0 Å². The number of nitrogens with one attached hydrogen (secondary N) is 2. The molecule has 0 unspecified atom stereocenters. The normalized spacial score (nSPS) is 14.7. The summed E-state index contributed by atoms with van der Waals surface area (Å²) < 4.78 is 40.7. The molecule has 0 aliphatic heterocycles. The van der Waals surface area contributed by atoms with Crippen molar-refractivity contribution in [1.82, 2.24) is 5.32 Å². The van der Waals surface area contributed by atoms with Crippen LogP contribution in [0.15, 0.2) is 30.3 Å². The van der Waals surface area contributed by atoms with Gasteiger partial charge in [0.1, 0.15) is 16.3 Å². The van der Waals surface area contributed by atoms with Crippen molar-refractivity contribution in [2.24, 2.45) is 0 Å². The molecule has 0 spiro atoms. The number of hydrogen-bond acceptors (Lipinski definition) is 6. The molecule has 11 heteroatoms. The number of benzene rings is 1. The van der Waals surface area contributed by atoms with Crippen LogP contribution in [0.4, 0.5) is 18.2 Å². The molecule has 1 aliphatic carbocycles. The molecule has 1 saturated carbocycles. The number of rotatable bonds is 9. The average molecular weight is 456 g/mol. The van der Waals surface area contributed by atoms with E-state index in [1.165, 1.54) is 23.5 Å². The maximum absolute atomic E-state index is 12.9. The van der Waals surface area contributed by atoms with Gasteiger partial charge in [0.2, 0.25) is 5.91 Å². The van der Waals surface area contributed by atoms with E-state index in [1.54, 1.807) is 6.07 Å². The smallest absolute Gasteiger partial charge is 0.480 e. The van der Waals surface area contributed by atoms with Gasteiger partial charge in [0, 0.05) is 10.4 Å². The zero-order chi connectivity index (χ0) is 22.8. The fraction of sp³-hybridized carbons (Fsp3) is 0.350. The Labute approximate surface area is 179 Å². The molecule has 1 heterocycles. The first kappa shape index (κ1) is 22.8. The summed E-state index contributed by atoms with van der Waals surface area (Å²) in [6.45, 7) is 1.64. The summed E-state index contributed by atoms with van der Waals surface area (Å²) in [5.74, 6) is -2.43. The first-order chi connectivity index (χ1) is 14.5. The van der Waals surface area contributed by atoms with Crippen molar-refractivity contribution in [2.75, 3.05) is 11.9 Å². The Morgan fingerprint density at radius 2 is 1.84 bits per heavy atom. The maximum atomic E-state index is 12.9. The largest absolute Gasteiger partial charge is 0.573 e. The Morgan fingerprint density at radius 1 is 1.19 bits per heavy atom. The van der Waals surface area contributed by atoms with Crippen LogP contribution in [0.25, 0.3) is 0 Å². The molecule has 3 rings (SSSR count). The number of anilines is 1. The fourth-order valence-corrected chi connectivity index (χ4v) is 3.86. The van der Waals surface area contributed by atoms with E-state index in [2.05, 4.69) is 15.4 Å². The van der Waals surface area contributed by atoms with E-state index in [9.17, 15) is 27.6 Å². The highest BCUT2D eigenvalue weighted by Gasteiger charge is 2.50. The zero-order valence-electron chi connectivity index (χ0n) is 16.3. The van der Waals surface area contributed by atoms with Gasteiger partial charge in [-0.1, -0.05) is 6.92 Å². The van der Waals surface area contributed by atoms with E-state index in [4.69, 9.17) is 5.11 Å². The number of aliphatic carboxylic acids is 1. The van der Waals surface area contributed by atoms with Crippen molar-refractivity contribution in [2.45, 2.75) is 38.1 Å². The van der Waals surface area contributed by atoms with Crippen LogP contribution >= 0.6 is 11.3 Å². The van der Waals surface area contributed by atoms with Gasteiger partial charge in [-0.3, -0.25) is 19.7 Å². The van der Waals surface area contributed by atoms with Crippen LogP contribution in [0, 0.1) is 0 Å². The summed E-state index contributed by atoms with van der Waals surface area (Å²) in [7, 11) is 0. The number of carboxylic acids is 1. The molecule has 0 bridgehead atoms. The van der Waals surface area contributed by atoms with Gasteiger partial charge in [0.05, 0.1) is 12.1 Å². The van der Waals surface area contributed by atoms with Crippen LogP contribution in [0.3, 0.4) is 0 Å². The molecule has 1 fully saturated rings. The summed E-state index contributed by atoms with van der Waals surface area (Å²) >= 11 is 1.21. The number of hydrogen-bond donors (Lipinski definition) is 3. The molecule has 2 aromatic rings. The lowest BCUT2D eigenvalue weighted by Crippen LogP contribution is -2.43. The van der Waals surface area contributed by atoms with Crippen molar-refractivity contribution >= 4 is 34.0 Å². The van der Waals surface area contributed by atoms with E-state index >= 15 is 0 Å². The van der Waals surface area contributed by atoms with Gasteiger partial charge in [-0.15, -0.1) is 24.5 Å². The predicted molar refractivity (Wildman–Crippen MR) is 106 cm³/mol. The third kappa shape index (κ3) is 5.61. The second-order valence-electron chi connectivity index (χ2n) is 7.00. The van der Waals surface area contributed by atoms with Gasteiger partial charge in [0.15, 0.2) is 5.78 Å². The van der Waals surface area contributed by atoms with Crippen molar-refractivity contribution in [3.8, 4) is 5.75 Å². The van der Waals surface area contributed by atoms with Crippen LogP contribution in [-0.4, -0.2) is 41.2 Å². The van der Waals surface area contributed by atoms with Crippen molar-refractivity contribution in [3.63, 3.8) is 0 Å². The third-order valence-corrected chi connectivity index (χ3v) is 5.92. The van der Waals surface area contributed by atoms with Crippen LogP contribution < -0.4 is 15.4 Å². The molecule has 3 N–H and O–H groups in total. The summed E-state index contributed by atoms with van der Waals surface area (Å²) in [4.78, 5) is 37.2. The van der Waals surface area contributed by atoms with Crippen molar-refractivity contribution in [3.05, 3.63) is 46.3 Å². The number of ether oxygens (including phenoxy) is 1. The molecule has 7 nitrogen and oxygen atoms in total. The molecule has 1 aliphatic rings. The van der Waals surface area contributed by atoms with Gasteiger partial charge in [-0.05, 0) is 49.6 Å². The lowest BCUT2D eigenvalue weighted by atomic mass is 10.0. The quantitative estimate of drug-likeness (QED) is 0.498. The highest BCUT2D eigenvalue weighted by atomic mass is 32.1. The first-order valence-corrected chi connectivity index (χ1v) is 10.2. The summed E-state index contributed by atoms with van der Waals surface area (Å²) in [6, 6.07) is 6.12. The Balaban J connectivity index is 1.72. The molecule has 1 aromatic heterocycles.